The van der Waals surface area contributed by atoms with Crippen molar-refractivity contribution in [3.05, 3.63) is 5.01 Å². The van der Waals surface area contributed by atoms with Gasteiger partial charge in [0.2, 0.25) is 5.13 Å². The molecule has 96 valence electrons. The summed E-state index contributed by atoms with van der Waals surface area (Å²) >= 11 is 1.64. The molecule has 1 aliphatic rings. The third-order valence-electron chi connectivity index (χ3n) is 2.69. The lowest BCUT2D eigenvalue weighted by Crippen LogP contribution is -2.29. The molecule has 1 aliphatic heterocycles. The molecule has 0 bridgehead atoms. The van der Waals surface area contributed by atoms with Crippen molar-refractivity contribution in [1.29, 1.82) is 0 Å². The van der Waals surface area contributed by atoms with E-state index in [-0.39, 0.29) is 0 Å². The van der Waals surface area contributed by atoms with Crippen LogP contribution in [0.5, 0.6) is 0 Å². The molecule has 2 rings (SSSR count). The molecule has 1 atom stereocenters. The highest BCUT2D eigenvalue weighted by Crippen LogP contribution is 2.17. The third-order valence-corrected chi connectivity index (χ3v) is 3.56. The van der Waals surface area contributed by atoms with Crippen molar-refractivity contribution in [2.75, 3.05) is 31.6 Å². The topological polar surface area (TPSA) is 50.3 Å². The number of nitrogens with one attached hydrogen (secondary N) is 1. The van der Waals surface area contributed by atoms with Crippen molar-refractivity contribution < 1.29 is 4.74 Å². The van der Waals surface area contributed by atoms with Crippen LogP contribution in [0.25, 0.3) is 0 Å². The van der Waals surface area contributed by atoms with Gasteiger partial charge >= 0.3 is 0 Å². The highest BCUT2D eigenvalue weighted by molar-refractivity contribution is 7.15. The van der Waals surface area contributed by atoms with Crippen LogP contribution < -0.4 is 5.32 Å². The highest BCUT2D eigenvalue weighted by Gasteiger charge is 2.16. The molecule has 17 heavy (non-hydrogen) atoms. The van der Waals surface area contributed by atoms with E-state index in [1.807, 2.05) is 0 Å². The zero-order chi connectivity index (χ0) is 12.1. The minimum absolute atomic E-state index is 0.318. The average molecular weight is 256 g/mol. The van der Waals surface area contributed by atoms with E-state index in [0.29, 0.717) is 6.10 Å². The molecule has 1 aromatic rings. The first-order chi connectivity index (χ1) is 8.28. The summed E-state index contributed by atoms with van der Waals surface area (Å²) in [7, 11) is 0. The Balaban J connectivity index is 1.89. The van der Waals surface area contributed by atoms with Crippen LogP contribution in [-0.4, -0.2) is 47.4 Å². The van der Waals surface area contributed by atoms with Crippen molar-refractivity contribution in [2.24, 2.45) is 0 Å². The molecule has 1 fully saturated rings. The van der Waals surface area contributed by atoms with Crippen LogP contribution in [0.15, 0.2) is 0 Å². The van der Waals surface area contributed by atoms with E-state index in [0.717, 1.165) is 49.3 Å². The van der Waals surface area contributed by atoms with E-state index in [9.17, 15) is 0 Å². The van der Waals surface area contributed by atoms with Gasteiger partial charge < -0.3 is 10.1 Å². The van der Waals surface area contributed by atoms with Crippen molar-refractivity contribution in [3.63, 3.8) is 0 Å². The fourth-order valence-corrected chi connectivity index (χ4v) is 2.81. The Hall–Kier alpha value is -0.720. The van der Waals surface area contributed by atoms with Gasteiger partial charge in [-0.3, -0.25) is 4.90 Å². The predicted molar refractivity (Wildman–Crippen MR) is 69.4 cm³/mol. The normalized spacial score (nSPS) is 22.4. The molecular formula is C11H20N4OS. The van der Waals surface area contributed by atoms with Gasteiger partial charge in [-0.15, -0.1) is 10.2 Å². The van der Waals surface area contributed by atoms with Gasteiger partial charge in [-0.2, -0.15) is 0 Å². The van der Waals surface area contributed by atoms with Crippen LogP contribution in [-0.2, 0) is 11.3 Å². The highest BCUT2D eigenvalue weighted by atomic mass is 32.1. The quantitative estimate of drug-likeness (QED) is 0.886. The Morgan fingerprint density at radius 2 is 2.41 bits per heavy atom. The van der Waals surface area contributed by atoms with Gasteiger partial charge in [0.1, 0.15) is 5.01 Å². The lowest BCUT2D eigenvalue weighted by atomic mass is 10.3. The Labute approximate surface area is 106 Å². The number of rotatable bonds is 4. The van der Waals surface area contributed by atoms with Crippen molar-refractivity contribution in [3.8, 4) is 0 Å². The van der Waals surface area contributed by atoms with E-state index in [1.54, 1.807) is 11.3 Å². The van der Waals surface area contributed by atoms with Gasteiger partial charge in [0, 0.05) is 26.2 Å². The standard InChI is InChI=1S/C11H20N4OS/c1-3-12-11-14-13-10(17-11)8-15-5-4-6-16-9(2)7-15/h9H,3-8H2,1-2H3,(H,12,14). The number of nitrogens with zero attached hydrogens (tertiary/aromatic N) is 3. The molecule has 1 unspecified atom stereocenters. The maximum atomic E-state index is 5.63. The van der Waals surface area contributed by atoms with Crippen molar-refractivity contribution in [1.82, 2.24) is 15.1 Å². The summed E-state index contributed by atoms with van der Waals surface area (Å²) < 4.78 is 5.63. The molecule has 0 amide bonds. The summed E-state index contributed by atoms with van der Waals surface area (Å²) in [6, 6.07) is 0. The second-order valence-corrected chi connectivity index (χ2v) is 5.36. The maximum absolute atomic E-state index is 5.63. The maximum Gasteiger partial charge on any atom is 0.205 e. The number of hydrogen-bond donors (Lipinski definition) is 1. The Morgan fingerprint density at radius 1 is 1.53 bits per heavy atom. The molecule has 0 aromatic carbocycles. The Kier molecular flexibility index (Phi) is 4.70. The molecule has 2 heterocycles. The number of hydrogen-bond acceptors (Lipinski definition) is 6. The minimum atomic E-state index is 0.318. The fourth-order valence-electron chi connectivity index (χ4n) is 1.96. The van der Waals surface area contributed by atoms with Gasteiger partial charge in [-0.25, -0.2) is 0 Å². The second kappa shape index (κ2) is 6.28. The summed E-state index contributed by atoms with van der Waals surface area (Å²) in [5.74, 6) is 0. The van der Waals surface area contributed by atoms with Gasteiger partial charge in [-0.1, -0.05) is 11.3 Å². The van der Waals surface area contributed by atoms with Gasteiger partial charge in [-0.05, 0) is 20.3 Å². The first-order valence-electron chi connectivity index (χ1n) is 6.18. The Morgan fingerprint density at radius 3 is 3.24 bits per heavy atom. The molecule has 0 saturated carbocycles. The average Bonchev–Trinajstić information content (AvgIpc) is 2.62. The molecule has 6 heteroatoms. The van der Waals surface area contributed by atoms with Gasteiger partial charge in [0.25, 0.3) is 0 Å². The monoisotopic (exact) mass is 256 g/mol. The molecule has 1 N–H and O–H groups in total. The van der Waals surface area contributed by atoms with E-state index in [2.05, 4.69) is 34.3 Å². The molecule has 0 aliphatic carbocycles. The summed E-state index contributed by atoms with van der Waals surface area (Å²) in [4.78, 5) is 2.40. The lowest BCUT2D eigenvalue weighted by Gasteiger charge is -2.19. The summed E-state index contributed by atoms with van der Waals surface area (Å²) in [6.45, 7) is 8.91. The van der Waals surface area contributed by atoms with Gasteiger partial charge in [0.15, 0.2) is 0 Å². The van der Waals surface area contributed by atoms with Gasteiger partial charge in [0.05, 0.1) is 12.6 Å². The number of ether oxygens (including phenoxy) is 1. The zero-order valence-corrected chi connectivity index (χ0v) is 11.3. The molecule has 0 radical (unpaired) electrons. The molecule has 1 saturated heterocycles. The zero-order valence-electron chi connectivity index (χ0n) is 10.5. The minimum Gasteiger partial charge on any atom is -0.377 e. The lowest BCUT2D eigenvalue weighted by molar-refractivity contribution is 0.0667. The van der Waals surface area contributed by atoms with Crippen LogP contribution in [0.1, 0.15) is 25.3 Å². The molecule has 5 nitrogen and oxygen atoms in total. The van der Waals surface area contributed by atoms with Crippen molar-refractivity contribution >= 4 is 16.5 Å². The third kappa shape index (κ3) is 3.90. The van der Waals surface area contributed by atoms with Crippen LogP contribution in [0.3, 0.4) is 0 Å². The largest absolute Gasteiger partial charge is 0.377 e. The van der Waals surface area contributed by atoms with Crippen molar-refractivity contribution in [2.45, 2.75) is 32.9 Å². The number of anilines is 1. The summed E-state index contributed by atoms with van der Waals surface area (Å²) in [5, 5.41) is 13.5. The first-order valence-corrected chi connectivity index (χ1v) is 6.99. The first kappa shape index (κ1) is 12.7. The van der Waals surface area contributed by atoms with E-state index >= 15 is 0 Å². The molecular weight excluding hydrogens is 236 g/mol. The van der Waals surface area contributed by atoms with Crippen LogP contribution in [0, 0.1) is 0 Å². The second-order valence-electron chi connectivity index (χ2n) is 4.30. The fraction of sp³-hybridized carbons (Fsp3) is 0.818. The molecule has 0 spiro atoms. The van der Waals surface area contributed by atoms with E-state index < -0.39 is 0 Å². The SMILES string of the molecule is CCNc1nnc(CN2CCCOC(C)C2)s1. The van der Waals surface area contributed by atoms with E-state index in [1.165, 1.54) is 0 Å². The summed E-state index contributed by atoms with van der Waals surface area (Å²) in [5.41, 5.74) is 0. The summed E-state index contributed by atoms with van der Waals surface area (Å²) in [6.07, 6.45) is 1.42. The van der Waals surface area contributed by atoms with Crippen LogP contribution in [0.4, 0.5) is 5.13 Å². The smallest absolute Gasteiger partial charge is 0.205 e. The van der Waals surface area contributed by atoms with Crippen LogP contribution >= 0.6 is 11.3 Å². The molecule has 1 aromatic heterocycles. The van der Waals surface area contributed by atoms with Crippen LogP contribution in [0.2, 0.25) is 0 Å². The van der Waals surface area contributed by atoms with E-state index in [4.69, 9.17) is 4.74 Å². The Bertz CT molecular complexity index is 344. The predicted octanol–water partition coefficient (Wildman–Crippen LogP) is 1.58. The number of aromatic nitrogens is 2.